The number of halogens is 1. The average Bonchev–Trinajstić information content (AvgIpc) is 3.41. The van der Waals surface area contributed by atoms with Gasteiger partial charge < -0.3 is 14.5 Å². The lowest BCUT2D eigenvalue weighted by Gasteiger charge is -2.36. The molecule has 0 radical (unpaired) electrons. The van der Waals surface area contributed by atoms with Gasteiger partial charge in [0.05, 0.1) is 29.4 Å². The van der Waals surface area contributed by atoms with Crippen molar-refractivity contribution in [2.24, 2.45) is 0 Å². The van der Waals surface area contributed by atoms with Gasteiger partial charge in [-0.25, -0.2) is 14.6 Å². The predicted octanol–water partition coefficient (Wildman–Crippen LogP) is 5.49. The Bertz CT molecular complexity index is 1460. The average molecular weight is 531 g/mol. The number of rotatable bonds is 5. The second-order valence-electron chi connectivity index (χ2n) is 10.00. The Kier molecular flexibility index (Phi) is 6.89. The molecule has 0 N–H and O–H groups in total. The molecule has 8 nitrogen and oxygen atoms in total. The van der Waals surface area contributed by atoms with E-state index >= 15 is 0 Å². The van der Waals surface area contributed by atoms with Crippen LogP contribution in [0.4, 0.5) is 5.82 Å². The van der Waals surface area contributed by atoms with E-state index in [9.17, 15) is 4.79 Å². The summed E-state index contributed by atoms with van der Waals surface area (Å²) in [5, 5.41) is 6.22. The third-order valence-electron chi connectivity index (χ3n) is 7.66. The van der Waals surface area contributed by atoms with Gasteiger partial charge in [0.2, 0.25) is 0 Å². The Balaban J connectivity index is 1.32. The van der Waals surface area contributed by atoms with E-state index in [0.29, 0.717) is 48.4 Å². The quantitative estimate of drug-likeness (QED) is 0.340. The Hall–Kier alpha value is -3.65. The number of methoxy groups -OCH3 is 1. The third kappa shape index (κ3) is 4.69. The van der Waals surface area contributed by atoms with Crippen LogP contribution in [0.15, 0.2) is 54.7 Å². The summed E-state index contributed by atoms with van der Waals surface area (Å²) >= 11 is 6.55. The number of anilines is 1. The fourth-order valence-electron chi connectivity index (χ4n) is 5.55. The minimum Gasteiger partial charge on any atom is -0.497 e. The smallest absolute Gasteiger partial charge is 0.254 e. The molecule has 0 bridgehead atoms. The van der Waals surface area contributed by atoms with Crippen molar-refractivity contribution in [2.45, 2.75) is 38.0 Å². The molecule has 2 aromatic carbocycles. The first-order valence-electron chi connectivity index (χ1n) is 13.3. The van der Waals surface area contributed by atoms with Gasteiger partial charge in [0.25, 0.3) is 5.91 Å². The van der Waals surface area contributed by atoms with Crippen molar-refractivity contribution in [2.75, 3.05) is 38.2 Å². The van der Waals surface area contributed by atoms with Crippen molar-refractivity contribution in [3.05, 3.63) is 71.1 Å². The number of fused-ring (bicyclic) bond motifs is 1. The van der Waals surface area contributed by atoms with Gasteiger partial charge in [0.1, 0.15) is 17.4 Å². The van der Waals surface area contributed by atoms with Crippen LogP contribution in [0.25, 0.3) is 16.7 Å². The molecule has 0 unspecified atom stereocenters. The maximum absolute atomic E-state index is 13.2. The van der Waals surface area contributed by atoms with E-state index < -0.39 is 0 Å². The largest absolute Gasteiger partial charge is 0.497 e. The van der Waals surface area contributed by atoms with Crippen LogP contribution in [0.3, 0.4) is 0 Å². The molecule has 1 aliphatic carbocycles. The number of hydrogen-bond donors (Lipinski definition) is 0. The van der Waals surface area contributed by atoms with Crippen LogP contribution >= 0.6 is 11.6 Å². The van der Waals surface area contributed by atoms with Crippen molar-refractivity contribution in [3.63, 3.8) is 0 Å². The summed E-state index contributed by atoms with van der Waals surface area (Å²) in [6.45, 7) is 2.59. The highest BCUT2D eigenvalue weighted by Gasteiger charge is 2.28. The van der Waals surface area contributed by atoms with E-state index in [1.54, 1.807) is 13.2 Å². The van der Waals surface area contributed by atoms with Gasteiger partial charge in [-0.05, 0) is 43.2 Å². The van der Waals surface area contributed by atoms with Crippen molar-refractivity contribution >= 4 is 34.4 Å². The Labute approximate surface area is 227 Å². The highest BCUT2D eigenvalue weighted by atomic mass is 35.5. The van der Waals surface area contributed by atoms with Gasteiger partial charge in [-0.1, -0.05) is 49.1 Å². The normalized spacial score (nSPS) is 16.7. The molecule has 2 fully saturated rings. The summed E-state index contributed by atoms with van der Waals surface area (Å²) in [5.74, 6) is 2.82. The number of hydrogen-bond acceptors (Lipinski definition) is 6. The number of para-hydroxylation sites is 1. The Morgan fingerprint density at radius 1 is 0.974 bits per heavy atom. The fourth-order valence-corrected chi connectivity index (χ4v) is 5.77. The van der Waals surface area contributed by atoms with Crippen LogP contribution in [-0.2, 0) is 0 Å². The van der Waals surface area contributed by atoms with Gasteiger partial charge in [0.15, 0.2) is 5.65 Å². The maximum atomic E-state index is 13.2. The molecule has 196 valence electrons. The van der Waals surface area contributed by atoms with Gasteiger partial charge in [-0.2, -0.15) is 5.10 Å². The molecule has 6 rings (SSSR count). The van der Waals surface area contributed by atoms with Gasteiger partial charge in [0, 0.05) is 37.7 Å². The molecular weight excluding hydrogens is 500 g/mol. The number of benzene rings is 2. The maximum Gasteiger partial charge on any atom is 0.254 e. The molecule has 2 aliphatic rings. The molecule has 38 heavy (non-hydrogen) atoms. The number of piperazine rings is 1. The SMILES string of the molecule is COc1cccc(C(=O)N2CCN(c3nc(C4CCCCC4)nc4c3cnn4-c3ccccc3Cl)CC2)c1. The van der Waals surface area contributed by atoms with Crippen LogP contribution in [-0.4, -0.2) is 63.8 Å². The standard InChI is InChI=1S/C29H31ClN6O2/c1-38-22-11-7-10-21(18-22)29(37)35-16-14-34(15-17-35)27-23-19-31-36(25-13-6-5-12-24(25)30)28(23)33-26(32-27)20-8-3-2-4-9-20/h5-7,10-13,18-20H,2-4,8-9,14-17H2,1H3. The number of nitrogens with zero attached hydrogens (tertiary/aromatic N) is 6. The van der Waals surface area contributed by atoms with E-state index in [2.05, 4.69) is 4.90 Å². The number of aromatic nitrogens is 4. The molecule has 2 aromatic heterocycles. The molecule has 0 atom stereocenters. The van der Waals surface area contributed by atoms with Crippen LogP contribution in [0.1, 0.15) is 54.2 Å². The van der Waals surface area contributed by atoms with Crippen LogP contribution < -0.4 is 9.64 Å². The molecule has 1 amide bonds. The molecule has 1 aliphatic heterocycles. The summed E-state index contributed by atoms with van der Waals surface area (Å²) in [4.78, 5) is 27.5. The summed E-state index contributed by atoms with van der Waals surface area (Å²) in [7, 11) is 1.61. The van der Waals surface area contributed by atoms with Crippen LogP contribution in [0, 0.1) is 0 Å². The molecule has 0 spiro atoms. The van der Waals surface area contributed by atoms with Crippen LogP contribution in [0.5, 0.6) is 5.75 Å². The second-order valence-corrected chi connectivity index (χ2v) is 10.4. The van der Waals surface area contributed by atoms with Crippen molar-refractivity contribution in [3.8, 4) is 11.4 Å². The van der Waals surface area contributed by atoms with E-state index in [1.807, 2.05) is 58.2 Å². The molecule has 1 saturated carbocycles. The lowest BCUT2D eigenvalue weighted by Crippen LogP contribution is -2.49. The highest BCUT2D eigenvalue weighted by Crippen LogP contribution is 2.35. The molecular formula is C29H31ClN6O2. The summed E-state index contributed by atoms with van der Waals surface area (Å²) in [6, 6.07) is 15.0. The van der Waals surface area contributed by atoms with E-state index in [1.165, 1.54) is 19.3 Å². The zero-order valence-electron chi connectivity index (χ0n) is 21.5. The van der Waals surface area contributed by atoms with Gasteiger partial charge >= 0.3 is 0 Å². The minimum absolute atomic E-state index is 0.0193. The first kappa shape index (κ1) is 24.7. The number of ether oxygens (including phenoxy) is 1. The third-order valence-corrected chi connectivity index (χ3v) is 7.98. The zero-order chi connectivity index (χ0) is 26.1. The predicted molar refractivity (Wildman–Crippen MR) is 149 cm³/mol. The van der Waals surface area contributed by atoms with E-state index in [-0.39, 0.29) is 5.91 Å². The van der Waals surface area contributed by atoms with Gasteiger partial charge in [-0.15, -0.1) is 0 Å². The highest BCUT2D eigenvalue weighted by molar-refractivity contribution is 6.32. The zero-order valence-corrected chi connectivity index (χ0v) is 22.3. The monoisotopic (exact) mass is 530 g/mol. The summed E-state index contributed by atoms with van der Waals surface area (Å²) in [5.41, 5.74) is 2.22. The Morgan fingerprint density at radius 2 is 1.76 bits per heavy atom. The molecule has 1 saturated heterocycles. The Morgan fingerprint density at radius 3 is 2.53 bits per heavy atom. The minimum atomic E-state index is 0.0193. The number of carbonyl (C=O) groups excluding carboxylic acids is 1. The molecule has 4 aromatic rings. The van der Waals surface area contributed by atoms with Gasteiger partial charge in [-0.3, -0.25) is 4.79 Å². The fraction of sp³-hybridized carbons (Fsp3) is 0.379. The lowest BCUT2D eigenvalue weighted by atomic mass is 9.88. The molecule has 3 heterocycles. The summed E-state index contributed by atoms with van der Waals surface area (Å²) in [6.07, 6.45) is 7.73. The topological polar surface area (TPSA) is 76.4 Å². The van der Waals surface area contributed by atoms with Crippen molar-refractivity contribution in [1.82, 2.24) is 24.6 Å². The first-order valence-corrected chi connectivity index (χ1v) is 13.7. The first-order chi connectivity index (χ1) is 18.6. The second kappa shape index (κ2) is 10.6. The molecule has 9 heteroatoms. The van der Waals surface area contributed by atoms with E-state index in [4.69, 9.17) is 31.4 Å². The van der Waals surface area contributed by atoms with Crippen molar-refractivity contribution in [1.29, 1.82) is 0 Å². The van der Waals surface area contributed by atoms with Crippen molar-refractivity contribution < 1.29 is 9.53 Å². The number of carbonyl (C=O) groups is 1. The van der Waals surface area contributed by atoms with E-state index in [0.717, 1.165) is 41.2 Å². The van der Waals surface area contributed by atoms with Crippen LogP contribution in [0.2, 0.25) is 5.02 Å². The summed E-state index contributed by atoms with van der Waals surface area (Å²) < 4.78 is 7.13. The number of amides is 1. The lowest BCUT2D eigenvalue weighted by molar-refractivity contribution is 0.0746.